The summed E-state index contributed by atoms with van der Waals surface area (Å²) in [5.41, 5.74) is -0.859. The minimum Gasteiger partial charge on any atom is -0.383 e. The van der Waals surface area contributed by atoms with Gasteiger partial charge in [-0.2, -0.15) is 13.2 Å². The molecule has 0 aliphatic heterocycles. The van der Waals surface area contributed by atoms with Gasteiger partial charge in [-0.05, 0) is 7.05 Å². The molecule has 0 atom stereocenters. The number of aromatic nitrogens is 1. The smallest absolute Gasteiger partial charge is 0.383 e. The maximum atomic E-state index is 12.5. The van der Waals surface area contributed by atoms with Gasteiger partial charge in [0.15, 0.2) is 11.7 Å². The summed E-state index contributed by atoms with van der Waals surface area (Å²) < 4.78 is 42.4. The first-order valence-corrected chi connectivity index (χ1v) is 7.88. The number of alkyl halides is 3. The van der Waals surface area contributed by atoms with Crippen LogP contribution in [0.5, 0.6) is 0 Å². The lowest BCUT2D eigenvalue weighted by Crippen LogP contribution is -2.41. The summed E-state index contributed by atoms with van der Waals surface area (Å²) in [5, 5.41) is 7.41. The fourth-order valence-electron chi connectivity index (χ4n) is 1.63. The van der Waals surface area contributed by atoms with Crippen molar-refractivity contribution in [2.24, 2.45) is 4.99 Å². The predicted octanol–water partition coefficient (Wildman–Crippen LogP) is 1.41. The van der Waals surface area contributed by atoms with Crippen molar-refractivity contribution in [2.45, 2.75) is 12.7 Å². The van der Waals surface area contributed by atoms with Crippen LogP contribution in [0.4, 0.5) is 13.2 Å². The molecule has 0 saturated carbocycles. The number of methoxy groups -OCH3 is 1. The molecule has 10 heteroatoms. The van der Waals surface area contributed by atoms with Gasteiger partial charge in [-0.15, -0.1) is 11.3 Å². The molecule has 0 amide bonds. The maximum absolute atomic E-state index is 12.5. The fourth-order valence-corrected chi connectivity index (χ4v) is 2.37. The molecule has 2 N–H and O–H groups in total. The van der Waals surface area contributed by atoms with E-state index in [1.165, 1.54) is 0 Å². The molecule has 132 valence electrons. The van der Waals surface area contributed by atoms with E-state index in [9.17, 15) is 13.2 Å². The number of rotatable bonds is 8. The van der Waals surface area contributed by atoms with Gasteiger partial charge in [0.2, 0.25) is 0 Å². The van der Waals surface area contributed by atoms with E-state index in [-0.39, 0.29) is 6.54 Å². The highest BCUT2D eigenvalue weighted by Crippen LogP contribution is 2.29. The van der Waals surface area contributed by atoms with E-state index < -0.39 is 11.9 Å². The van der Waals surface area contributed by atoms with Crippen LogP contribution >= 0.6 is 11.3 Å². The molecule has 0 aliphatic carbocycles. The topological polar surface area (TPSA) is 61.8 Å². The molecule has 1 rings (SSSR count). The molecule has 23 heavy (non-hydrogen) atoms. The maximum Gasteiger partial charge on any atom is 0.434 e. The van der Waals surface area contributed by atoms with E-state index in [2.05, 4.69) is 25.5 Å². The number of ether oxygens (including phenoxy) is 1. The van der Waals surface area contributed by atoms with Gasteiger partial charge in [0.1, 0.15) is 5.01 Å². The van der Waals surface area contributed by atoms with Crippen molar-refractivity contribution in [3.63, 3.8) is 0 Å². The number of thiazole rings is 1. The van der Waals surface area contributed by atoms with Crippen LogP contribution in [0, 0.1) is 0 Å². The largest absolute Gasteiger partial charge is 0.434 e. The summed E-state index contributed by atoms with van der Waals surface area (Å²) >= 11 is 0.968. The molecule has 1 heterocycles. The van der Waals surface area contributed by atoms with Gasteiger partial charge in [0, 0.05) is 39.2 Å². The van der Waals surface area contributed by atoms with Crippen molar-refractivity contribution >= 4 is 17.3 Å². The van der Waals surface area contributed by atoms with Gasteiger partial charge >= 0.3 is 6.18 Å². The van der Waals surface area contributed by atoms with E-state index in [4.69, 9.17) is 4.74 Å². The second kappa shape index (κ2) is 9.68. The Balaban J connectivity index is 2.33. The zero-order valence-corrected chi connectivity index (χ0v) is 14.2. The average molecular weight is 353 g/mol. The minimum absolute atomic E-state index is 0.194. The molecule has 0 unspecified atom stereocenters. The Morgan fingerprint density at radius 2 is 2.13 bits per heavy atom. The van der Waals surface area contributed by atoms with Gasteiger partial charge in [-0.1, -0.05) is 0 Å². The molecule has 1 aromatic heterocycles. The summed E-state index contributed by atoms with van der Waals surface area (Å²) in [4.78, 5) is 9.68. The highest BCUT2D eigenvalue weighted by molar-refractivity contribution is 7.09. The fraction of sp³-hybridized carbons (Fsp3) is 0.692. The summed E-state index contributed by atoms with van der Waals surface area (Å²) in [5.74, 6) is 0.522. The summed E-state index contributed by atoms with van der Waals surface area (Å²) in [6, 6.07) is 0. The summed E-state index contributed by atoms with van der Waals surface area (Å²) in [7, 11) is 5.23. The van der Waals surface area contributed by atoms with Gasteiger partial charge in [0.05, 0.1) is 13.2 Å². The lowest BCUT2D eigenvalue weighted by atomic mass is 10.5. The third kappa shape index (κ3) is 7.62. The summed E-state index contributed by atoms with van der Waals surface area (Å²) in [6.07, 6.45) is -4.40. The zero-order valence-electron chi connectivity index (χ0n) is 13.4. The van der Waals surface area contributed by atoms with E-state index in [0.29, 0.717) is 24.1 Å². The minimum atomic E-state index is -4.40. The van der Waals surface area contributed by atoms with Crippen LogP contribution in [0.15, 0.2) is 10.4 Å². The standard InChI is InChI=1S/C13H22F3N5OS/c1-17-12(18-4-5-21(2)6-7-22-3)19-8-11-20-10(9-23-11)13(14,15)16/h9H,4-8H2,1-3H3,(H2,17,18,19). The molecule has 0 saturated heterocycles. The van der Waals surface area contributed by atoms with Gasteiger partial charge in [0.25, 0.3) is 0 Å². The Morgan fingerprint density at radius 3 is 2.70 bits per heavy atom. The van der Waals surface area contributed by atoms with Crippen LogP contribution < -0.4 is 10.6 Å². The van der Waals surface area contributed by atoms with Crippen LogP contribution in [0.1, 0.15) is 10.7 Å². The molecule has 0 bridgehead atoms. The van der Waals surface area contributed by atoms with Crippen LogP contribution in [0.2, 0.25) is 0 Å². The normalized spacial score (nSPS) is 12.7. The van der Waals surface area contributed by atoms with Gasteiger partial charge in [-0.25, -0.2) is 4.98 Å². The molecule has 0 fully saturated rings. The predicted molar refractivity (Wildman–Crippen MR) is 84.7 cm³/mol. The highest BCUT2D eigenvalue weighted by Gasteiger charge is 2.33. The Hall–Kier alpha value is -1.39. The molecule has 0 radical (unpaired) electrons. The van der Waals surface area contributed by atoms with Crippen molar-refractivity contribution < 1.29 is 17.9 Å². The number of guanidine groups is 1. The first-order valence-electron chi connectivity index (χ1n) is 7.00. The quantitative estimate of drug-likeness (QED) is 0.547. The van der Waals surface area contributed by atoms with Gasteiger partial charge < -0.3 is 20.3 Å². The number of nitrogens with zero attached hydrogens (tertiary/aromatic N) is 3. The SMILES string of the molecule is CN=C(NCCN(C)CCOC)NCc1nc(C(F)(F)F)cs1. The van der Waals surface area contributed by atoms with Crippen LogP contribution in [0.25, 0.3) is 0 Å². The third-order valence-electron chi connectivity index (χ3n) is 2.94. The van der Waals surface area contributed by atoms with Crippen molar-refractivity contribution in [3.05, 3.63) is 16.1 Å². The molecule has 0 aromatic carbocycles. The van der Waals surface area contributed by atoms with Crippen molar-refractivity contribution in [1.82, 2.24) is 20.5 Å². The second-order valence-electron chi connectivity index (χ2n) is 4.77. The van der Waals surface area contributed by atoms with E-state index >= 15 is 0 Å². The number of nitrogens with one attached hydrogen (secondary N) is 2. The van der Waals surface area contributed by atoms with Crippen LogP contribution in [0.3, 0.4) is 0 Å². The molecule has 6 nitrogen and oxygen atoms in total. The number of aliphatic imine (C=N–C) groups is 1. The Labute approximate surface area is 137 Å². The number of hydrogen-bond acceptors (Lipinski definition) is 5. The van der Waals surface area contributed by atoms with E-state index in [1.807, 2.05) is 7.05 Å². The lowest BCUT2D eigenvalue weighted by Gasteiger charge is -2.17. The van der Waals surface area contributed by atoms with Crippen LogP contribution in [-0.2, 0) is 17.5 Å². The van der Waals surface area contributed by atoms with E-state index in [1.54, 1.807) is 14.2 Å². The Bertz CT molecular complexity index is 492. The third-order valence-corrected chi connectivity index (χ3v) is 3.78. The van der Waals surface area contributed by atoms with Gasteiger partial charge in [-0.3, -0.25) is 4.99 Å². The summed E-state index contributed by atoms with van der Waals surface area (Å²) in [6.45, 7) is 3.13. The lowest BCUT2D eigenvalue weighted by molar-refractivity contribution is -0.140. The zero-order chi connectivity index (χ0) is 17.3. The first kappa shape index (κ1) is 19.7. The Morgan fingerprint density at radius 1 is 1.39 bits per heavy atom. The van der Waals surface area contributed by atoms with Crippen molar-refractivity contribution in [2.75, 3.05) is 47.4 Å². The molecule has 0 spiro atoms. The molecular formula is C13H22F3N5OS. The highest BCUT2D eigenvalue weighted by atomic mass is 32.1. The number of hydrogen-bond donors (Lipinski definition) is 2. The second-order valence-corrected chi connectivity index (χ2v) is 5.72. The average Bonchev–Trinajstić information content (AvgIpc) is 2.97. The monoisotopic (exact) mass is 353 g/mol. The molecule has 0 aliphatic rings. The number of likely N-dealkylation sites (N-methyl/N-ethyl adjacent to an activating group) is 1. The van der Waals surface area contributed by atoms with Crippen molar-refractivity contribution in [1.29, 1.82) is 0 Å². The molecule has 1 aromatic rings. The van der Waals surface area contributed by atoms with E-state index in [0.717, 1.165) is 29.8 Å². The molecular weight excluding hydrogens is 331 g/mol. The Kier molecular flexibility index (Phi) is 8.28. The van der Waals surface area contributed by atoms with Crippen LogP contribution in [-0.4, -0.2) is 63.3 Å². The number of halogens is 3. The first-order chi connectivity index (χ1) is 10.9. The van der Waals surface area contributed by atoms with Crippen molar-refractivity contribution in [3.8, 4) is 0 Å².